The second kappa shape index (κ2) is 9.74. The monoisotopic (exact) mass is 461 g/mol. The van der Waals surface area contributed by atoms with Crippen molar-refractivity contribution in [2.24, 2.45) is 0 Å². The number of amides is 4. The summed E-state index contributed by atoms with van der Waals surface area (Å²) in [6.07, 6.45) is -0.242. The lowest BCUT2D eigenvalue weighted by Gasteiger charge is -2.21. The number of benzene rings is 3. The molecule has 7 nitrogen and oxygen atoms in total. The Labute approximate surface area is 196 Å². The van der Waals surface area contributed by atoms with Gasteiger partial charge in [-0.1, -0.05) is 29.8 Å². The van der Waals surface area contributed by atoms with Gasteiger partial charge in [0.05, 0.1) is 19.2 Å². The molecule has 1 unspecified atom stereocenters. The zero-order valence-electron chi connectivity index (χ0n) is 18.8. The van der Waals surface area contributed by atoms with Gasteiger partial charge in [-0.05, 0) is 61.0 Å². The summed E-state index contributed by atoms with van der Waals surface area (Å²) in [7, 11) is 1.54. The summed E-state index contributed by atoms with van der Waals surface area (Å²) in [6.45, 7) is 1.89. The number of urea groups is 1. The Morgan fingerprint density at radius 2 is 1.74 bits per heavy atom. The molecule has 4 rings (SSSR count). The normalized spacial score (nSPS) is 15.6. The molecule has 8 heteroatoms. The Kier molecular flexibility index (Phi) is 6.58. The summed E-state index contributed by atoms with van der Waals surface area (Å²) in [5.74, 6) is -0.731. The van der Waals surface area contributed by atoms with E-state index >= 15 is 0 Å². The molecule has 1 aliphatic heterocycles. The van der Waals surface area contributed by atoms with Gasteiger partial charge in [0.25, 0.3) is 5.91 Å². The number of hydrogen-bond donors (Lipinski definition) is 1. The van der Waals surface area contributed by atoms with E-state index in [-0.39, 0.29) is 13.0 Å². The van der Waals surface area contributed by atoms with Crippen molar-refractivity contribution >= 4 is 29.2 Å². The number of anilines is 2. The highest BCUT2D eigenvalue weighted by Crippen LogP contribution is 2.29. The summed E-state index contributed by atoms with van der Waals surface area (Å²) in [4.78, 5) is 41.8. The minimum atomic E-state index is -1.03. The standard InChI is InChI=1S/C26H24FN3O4/c1-17-6-10-21(11-7-17)30-25(32)23(15-24(31)28-20-8-12-22(34-2)13-9-20)29(26(30)33)16-18-4-3-5-19(27)14-18/h3-14,23H,15-16H2,1-2H3,(H,28,31). The van der Waals surface area contributed by atoms with Gasteiger partial charge in [0.1, 0.15) is 17.6 Å². The van der Waals surface area contributed by atoms with Crippen LogP contribution in [-0.2, 0) is 16.1 Å². The van der Waals surface area contributed by atoms with E-state index in [1.807, 2.05) is 6.92 Å². The molecular formula is C26H24FN3O4. The molecule has 0 aromatic heterocycles. The van der Waals surface area contributed by atoms with Gasteiger partial charge in [0.15, 0.2) is 0 Å². The molecule has 0 bridgehead atoms. The predicted molar refractivity (Wildman–Crippen MR) is 126 cm³/mol. The van der Waals surface area contributed by atoms with Crippen LogP contribution in [-0.4, -0.2) is 35.9 Å². The molecule has 0 aliphatic carbocycles. The zero-order valence-corrected chi connectivity index (χ0v) is 18.8. The third kappa shape index (κ3) is 4.91. The van der Waals surface area contributed by atoms with Crippen molar-refractivity contribution in [3.8, 4) is 5.75 Å². The first-order valence-corrected chi connectivity index (χ1v) is 10.8. The topological polar surface area (TPSA) is 79.0 Å². The maximum absolute atomic E-state index is 13.7. The molecule has 34 heavy (non-hydrogen) atoms. The smallest absolute Gasteiger partial charge is 0.332 e. The number of nitrogens with one attached hydrogen (secondary N) is 1. The van der Waals surface area contributed by atoms with Crippen molar-refractivity contribution in [1.82, 2.24) is 4.90 Å². The fourth-order valence-electron chi connectivity index (χ4n) is 3.84. The van der Waals surface area contributed by atoms with Crippen molar-refractivity contribution in [1.29, 1.82) is 0 Å². The Bertz CT molecular complexity index is 1210. The van der Waals surface area contributed by atoms with Crippen LogP contribution in [0.4, 0.5) is 20.6 Å². The summed E-state index contributed by atoms with van der Waals surface area (Å²) in [5, 5.41) is 2.75. The van der Waals surface area contributed by atoms with E-state index in [0.717, 1.165) is 10.5 Å². The molecule has 3 aromatic rings. The van der Waals surface area contributed by atoms with Crippen molar-refractivity contribution in [3.63, 3.8) is 0 Å². The molecule has 1 atom stereocenters. The zero-order chi connectivity index (χ0) is 24.2. The molecule has 0 saturated carbocycles. The van der Waals surface area contributed by atoms with Crippen molar-refractivity contribution < 1.29 is 23.5 Å². The van der Waals surface area contributed by atoms with Crippen LogP contribution in [0.2, 0.25) is 0 Å². The van der Waals surface area contributed by atoms with Gasteiger partial charge < -0.3 is 15.0 Å². The lowest BCUT2D eigenvalue weighted by molar-refractivity contribution is -0.124. The number of hydrogen-bond acceptors (Lipinski definition) is 4. The molecule has 1 N–H and O–H groups in total. The Hall–Kier alpha value is -4.20. The second-order valence-corrected chi connectivity index (χ2v) is 8.05. The van der Waals surface area contributed by atoms with Gasteiger partial charge >= 0.3 is 6.03 Å². The maximum Gasteiger partial charge on any atom is 0.332 e. The van der Waals surface area contributed by atoms with Gasteiger partial charge in [0, 0.05) is 12.2 Å². The summed E-state index contributed by atoms with van der Waals surface area (Å²) in [5.41, 5.74) is 2.46. The first kappa shape index (κ1) is 23.0. The van der Waals surface area contributed by atoms with Gasteiger partial charge in [-0.3, -0.25) is 9.59 Å². The minimum absolute atomic E-state index is 0.00875. The SMILES string of the molecule is COc1ccc(NC(=O)CC2C(=O)N(c3ccc(C)cc3)C(=O)N2Cc2cccc(F)c2)cc1. The molecule has 0 radical (unpaired) electrons. The number of carbonyl (C=O) groups is 3. The van der Waals surface area contributed by atoms with Gasteiger partial charge in [-0.2, -0.15) is 0 Å². The number of methoxy groups -OCH3 is 1. The minimum Gasteiger partial charge on any atom is -0.497 e. The Balaban J connectivity index is 1.59. The van der Waals surface area contributed by atoms with Crippen LogP contribution in [0.25, 0.3) is 0 Å². The van der Waals surface area contributed by atoms with E-state index in [9.17, 15) is 18.8 Å². The molecule has 1 heterocycles. The average Bonchev–Trinajstić information content (AvgIpc) is 3.04. The molecule has 1 aliphatic rings. The number of ether oxygens (including phenoxy) is 1. The maximum atomic E-state index is 13.7. The Morgan fingerprint density at radius 1 is 1.03 bits per heavy atom. The fraction of sp³-hybridized carbons (Fsp3) is 0.192. The number of imide groups is 1. The third-order valence-electron chi connectivity index (χ3n) is 5.61. The molecule has 1 saturated heterocycles. The van der Waals surface area contributed by atoms with Gasteiger partial charge in [-0.15, -0.1) is 0 Å². The first-order valence-electron chi connectivity index (χ1n) is 10.8. The number of halogens is 1. The van der Waals surface area contributed by atoms with Crippen LogP contribution in [0.3, 0.4) is 0 Å². The molecular weight excluding hydrogens is 437 g/mol. The van der Waals surface area contributed by atoms with Crippen molar-refractivity contribution in [2.75, 3.05) is 17.3 Å². The lowest BCUT2D eigenvalue weighted by Crippen LogP contribution is -2.37. The number of nitrogens with zero attached hydrogens (tertiary/aromatic N) is 2. The van der Waals surface area contributed by atoms with E-state index in [2.05, 4.69) is 5.32 Å². The highest BCUT2D eigenvalue weighted by atomic mass is 19.1. The molecule has 3 aromatic carbocycles. The van der Waals surface area contributed by atoms with Crippen LogP contribution in [0.15, 0.2) is 72.8 Å². The number of carbonyl (C=O) groups excluding carboxylic acids is 3. The quantitative estimate of drug-likeness (QED) is 0.525. The van der Waals surface area contributed by atoms with Crippen molar-refractivity contribution in [2.45, 2.75) is 25.9 Å². The lowest BCUT2D eigenvalue weighted by atomic mass is 10.1. The highest BCUT2D eigenvalue weighted by molar-refractivity contribution is 6.22. The molecule has 174 valence electrons. The molecule has 0 spiro atoms. The molecule has 4 amide bonds. The Morgan fingerprint density at radius 3 is 2.38 bits per heavy atom. The fourth-order valence-corrected chi connectivity index (χ4v) is 3.84. The van der Waals surface area contributed by atoms with Gasteiger partial charge in [-0.25, -0.2) is 14.1 Å². The number of rotatable bonds is 7. The first-order chi connectivity index (χ1) is 16.4. The second-order valence-electron chi connectivity index (χ2n) is 8.05. The summed E-state index contributed by atoms with van der Waals surface area (Å²) < 4.78 is 18.9. The third-order valence-corrected chi connectivity index (χ3v) is 5.61. The number of aryl methyl sites for hydroxylation is 1. The highest BCUT2D eigenvalue weighted by Gasteiger charge is 2.46. The molecule has 1 fully saturated rings. The van der Waals surface area contributed by atoms with Crippen LogP contribution in [0.5, 0.6) is 5.75 Å². The van der Waals surface area contributed by atoms with Gasteiger partial charge in [0.2, 0.25) is 5.91 Å². The van der Waals surface area contributed by atoms with E-state index in [1.165, 1.54) is 23.1 Å². The van der Waals surface area contributed by atoms with Crippen LogP contribution >= 0.6 is 0 Å². The summed E-state index contributed by atoms with van der Waals surface area (Å²) >= 11 is 0. The van der Waals surface area contributed by atoms with Crippen LogP contribution < -0.4 is 15.0 Å². The van der Waals surface area contributed by atoms with Crippen LogP contribution in [0.1, 0.15) is 17.5 Å². The van der Waals surface area contributed by atoms with E-state index < -0.39 is 29.7 Å². The van der Waals surface area contributed by atoms with Crippen molar-refractivity contribution in [3.05, 3.63) is 89.7 Å². The average molecular weight is 461 g/mol. The van der Waals surface area contributed by atoms with E-state index in [1.54, 1.807) is 61.7 Å². The van der Waals surface area contributed by atoms with E-state index in [4.69, 9.17) is 4.74 Å². The van der Waals surface area contributed by atoms with E-state index in [0.29, 0.717) is 22.7 Å². The van der Waals surface area contributed by atoms with Crippen LogP contribution in [0, 0.1) is 12.7 Å². The predicted octanol–water partition coefficient (Wildman–Crippen LogP) is 4.51. The largest absolute Gasteiger partial charge is 0.497 e. The summed E-state index contributed by atoms with van der Waals surface area (Å²) in [6, 6.07) is 18.0.